The molecule has 1 amide bonds. The van der Waals surface area contributed by atoms with E-state index in [1.165, 1.54) is 13.4 Å². The molecule has 4 atom stereocenters. The molecule has 0 aliphatic carbocycles. The first-order valence-corrected chi connectivity index (χ1v) is 11.6. The number of imidazole rings is 1. The van der Waals surface area contributed by atoms with E-state index in [1.54, 1.807) is 10.8 Å². The number of aromatic nitrogens is 5. The summed E-state index contributed by atoms with van der Waals surface area (Å²) in [5, 5.41) is 27.2. The molecule has 0 bridgehead atoms. The third-order valence-electron chi connectivity index (χ3n) is 6.25. The maximum atomic E-state index is 11.9. The lowest BCUT2D eigenvalue weighted by Gasteiger charge is -2.17. The van der Waals surface area contributed by atoms with E-state index >= 15 is 0 Å². The van der Waals surface area contributed by atoms with E-state index in [0.29, 0.717) is 29.4 Å². The van der Waals surface area contributed by atoms with Gasteiger partial charge in [-0.1, -0.05) is 30.3 Å². The Morgan fingerprint density at radius 2 is 1.89 bits per heavy atom. The lowest BCUT2D eigenvalue weighted by Crippen LogP contribution is -2.34. The van der Waals surface area contributed by atoms with Crippen LogP contribution in [0.2, 0.25) is 0 Å². The molecule has 4 heterocycles. The molecule has 0 radical (unpaired) electrons. The smallest absolute Gasteiger partial charge is 0.222 e. The fourth-order valence-electron chi connectivity index (χ4n) is 4.26. The minimum atomic E-state index is -1.28. The summed E-state index contributed by atoms with van der Waals surface area (Å²) in [4.78, 5) is 30.2. The summed E-state index contributed by atoms with van der Waals surface area (Å²) in [7, 11) is 1.50. The predicted octanol–water partition coefficient (Wildman–Crippen LogP) is 1.56. The number of carbonyl (C=O) groups is 1. The van der Waals surface area contributed by atoms with Crippen molar-refractivity contribution in [2.45, 2.75) is 44.4 Å². The van der Waals surface area contributed by atoms with Crippen molar-refractivity contribution < 1.29 is 19.7 Å². The zero-order valence-electron chi connectivity index (χ0n) is 19.9. The summed E-state index contributed by atoms with van der Waals surface area (Å²) in [5.41, 5.74) is 3.47. The predicted molar refractivity (Wildman–Crippen MR) is 132 cm³/mol. The molecule has 11 heteroatoms. The molecule has 0 unspecified atom stereocenters. The van der Waals surface area contributed by atoms with Gasteiger partial charge in [-0.25, -0.2) is 15.0 Å². The number of rotatable bonds is 7. The summed E-state index contributed by atoms with van der Waals surface area (Å²) >= 11 is 0. The number of nitrogens with one attached hydrogen (secondary N) is 2. The van der Waals surface area contributed by atoms with E-state index in [-0.39, 0.29) is 12.3 Å². The van der Waals surface area contributed by atoms with E-state index in [2.05, 4.69) is 20.6 Å². The Kier molecular flexibility index (Phi) is 6.59. The number of aliphatic hydroxyl groups excluding tert-OH is 2. The molecule has 1 aromatic carbocycles. The maximum absolute atomic E-state index is 11.9. The molecule has 11 nitrogen and oxygen atoms in total. The van der Waals surface area contributed by atoms with E-state index < -0.39 is 24.5 Å². The summed E-state index contributed by atoms with van der Waals surface area (Å²) in [6.07, 6.45) is -1.28. The molecule has 1 saturated heterocycles. The molecular weight excluding hydrogens is 462 g/mol. The van der Waals surface area contributed by atoms with Gasteiger partial charge in [-0.15, -0.1) is 0 Å². The molecule has 0 spiro atoms. The average Bonchev–Trinajstić information content (AvgIpc) is 3.44. The first-order chi connectivity index (χ1) is 17.5. The summed E-state index contributed by atoms with van der Waals surface area (Å²) in [6, 6.07) is 13.6. The Hall–Kier alpha value is -3.93. The van der Waals surface area contributed by atoms with Crippen molar-refractivity contribution in [1.29, 1.82) is 0 Å². The van der Waals surface area contributed by atoms with E-state index in [1.807, 2.05) is 49.4 Å². The van der Waals surface area contributed by atoms with Gasteiger partial charge in [0.1, 0.15) is 12.2 Å². The number of ether oxygens (including phenoxy) is 1. The van der Waals surface area contributed by atoms with Gasteiger partial charge in [0.15, 0.2) is 29.0 Å². The number of benzene rings is 1. The summed E-state index contributed by atoms with van der Waals surface area (Å²) in [6.45, 7) is 2.39. The van der Waals surface area contributed by atoms with Crippen molar-refractivity contribution in [3.8, 4) is 11.4 Å². The minimum Gasteiger partial charge on any atom is -0.388 e. The second kappa shape index (κ2) is 9.97. The number of fused-ring (bicyclic) bond motifs is 1. The number of nitrogens with zero attached hydrogens (tertiary/aromatic N) is 5. The Bertz CT molecular complexity index is 1380. The Morgan fingerprint density at radius 1 is 1.08 bits per heavy atom. The van der Waals surface area contributed by atoms with Crippen molar-refractivity contribution in [3.63, 3.8) is 0 Å². The Labute approximate surface area is 207 Å². The lowest BCUT2D eigenvalue weighted by molar-refractivity contribution is -0.125. The summed E-state index contributed by atoms with van der Waals surface area (Å²) < 4.78 is 7.49. The highest BCUT2D eigenvalue weighted by atomic mass is 16.6. The number of hydrogen-bond donors (Lipinski definition) is 4. The van der Waals surface area contributed by atoms with Gasteiger partial charge < -0.3 is 25.6 Å². The van der Waals surface area contributed by atoms with Gasteiger partial charge in [0.2, 0.25) is 5.91 Å². The van der Waals surface area contributed by atoms with Gasteiger partial charge in [0.05, 0.1) is 18.9 Å². The number of pyridine rings is 1. The largest absolute Gasteiger partial charge is 0.388 e. The SMILES string of the molecule is CNC(=O)C[C@@H]1O[C@@H](n2cnc3c(NCc4ccccc4)nc(-c4cccnc4C)nc32)[C@H](O)[C@@H]1O. The maximum Gasteiger partial charge on any atom is 0.222 e. The first-order valence-electron chi connectivity index (χ1n) is 11.6. The zero-order valence-corrected chi connectivity index (χ0v) is 19.9. The number of aryl methyl sites for hydroxylation is 1. The summed E-state index contributed by atoms with van der Waals surface area (Å²) in [5.74, 6) is 0.641. The van der Waals surface area contributed by atoms with Crippen LogP contribution in [0.25, 0.3) is 22.6 Å². The van der Waals surface area contributed by atoms with Crippen LogP contribution in [0.5, 0.6) is 0 Å². The molecule has 4 N–H and O–H groups in total. The van der Waals surface area contributed by atoms with Crippen LogP contribution in [-0.4, -0.2) is 66.0 Å². The van der Waals surface area contributed by atoms with Gasteiger partial charge in [-0.05, 0) is 24.6 Å². The van der Waals surface area contributed by atoms with Crippen LogP contribution in [0, 0.1) is 6.92 Å². The lowest BCUT2D eigenvalue weighted by atomic mass is 10.1. The molecule has 186 valence electrons. The Balaban J connectivity index is 1.56. The van der Waals surface area contributed by atoms with Gasteiger partial charge in [-0.2, -0.15) is 0 Å². The number of hydrogen-bond acceptors (Lipinski definition) is 9. The second-order valence-electron chi connectivity index (χ2n) is 8.62. The molecule has 0 saturated carbocycles. The van der Waals surface area contributed by atoms with Crippen LogP contribution < -0.4 is 10.6 Å². The highest BCUT2D eigenvalue weighted by Crippen LogP contribution is 2.34. The Morgan fingerprint density at radius 3 is 2.64 bits per heavy atom. The fourth-order valence-corrected chi connectivity index (χ4v) is 4.26. The normalized spacial score (nSPS) is 21.6. The average molecular weight is 490 g/mol. The number of anilines is 1. The molecule has 1 aliphatic rings. The van der Waals surface area contributed by atoms with Gasteiger partial charge >= 0.3 is 0 Å². The van der Waals surface area contributed by atoms with Crippen LogP contribution in [0.1, 0.15) is 23.9 Å². The third-order valence-corrected chi connectivity index (χ3v) is 6.25. The van der Waals surface area contributed by atoms with E-state index in [9.17, 15) is 15.0 Å². The molecular formula is C25H27N7O4. The molecule has 4 aromatic rings. The van der Waals surface area contributed by atoms with Crippen molar-refractivity contribution in [3.05, 3.63) is 66.2 Å². The van der Waals surface area contributed by atoms with Crippen molar-refractivity contribution in [1.82, 2.24) is 29.8 Å². The van der Waals surface area contributed by atoms with Crippen LogP contribution in [0.4, 0.5) is 5.82 Å². The molecule has 1 aliphatic heterocycles. The van der Waals surface area contributed by atoms with E-state index in [0.717, 1.165) is 16.8 Å². The zero-order chi connectivity index (χ0) is 25.2. The molecule has 1 fully saturated rings. The van der Waals surface area contributed by atoms with Crippen molar-refractivity contribution >= 4 is 22.9 Å². The monoisotopic (exact) mass is 489 g/mol. The van der Waals surface area contributed by atoms with Crippen molar-refractivity contribution in [2.75, 3.05) is 12.4 Å². The highest BCUT2D eigenvalue weighted by Gasteiger charge is 2.45. The van der Waals surface area contributed by atoms with Crippen LogP contribution in [0.3, 0.4) is 0 Å². The fraction of sp³-hybridized carbons (Fsp3) is 0.320. The second-order valence-corrected chi connectivity index (χ2v) is 8.62. The number of amides is 1. The third kappa shape index (κ3) is 4.51. The minimum absolute atomic E-state index is 0.0865. The quantitative estimate of drug-likeness (QED) is 0.304. The standard InChI is InChI=1S/C25H27N7O4/c1-14-16(9-6-10-27-14)22-30-23(28-12-15-7-4-3-5-8-15)19-24(31-22)32(13-29-19)25-21(35)20(34)17(36-25)11-18(33)26-2/h3-10,13,17,20-21,25,34-35H,11-12H2,1-2H3,(H,26,33)(H,28,30,31)/t17-,20+,21+,25+/m0/s1. The molecule has 5 rings (SSSR count). The molecule has 3 aromatic heterocycles. The molecule has 36 heavy (non-hydrogen) atoms. The van der Waals surface area contributed by atoms with E-state index in [4.69, 9.17) is 14.7 Å². The van der Waals surface area contributed by atoms with Crippen LogP contribution >= 0.6 is 0 Å². The number of aliphatic hydroxyl groups is 2. The van der Waals surface area contributed by atoms with Gasteiger partial charge in [0.25, 0.3) is 0 Å². The first kappa shape index (κ1) is 23.8. The van der Waals surface area contributed by atoms with Crippen LogP contribution in [0.15, 0.2) is 55.0 Å². The van der Waals surface area contributed by atoms with Crippen molar-refractivity contribution in [2.24, 2.45) is 0 Å². The topological polar surface area (TPSA) is 147 Å². The van der Waals surface area contributed by atoms with Gasteiger partial charge in [0, 0.05) is 31.0 Å². The van der Waals surface area contributed by atoms with Crippen LogP contribution in [-0.2, 0) is 16.1 Å². The number of carbonyl (C=O) groups excluding carboxylic acids is 1. The highest BCUT2D eigenvalue weighted by molar-refractivity contribution is 5.85. The van der Waals surface area contributed by atoms with Gasteiger partial charge in [-0.3, -0.25) is 14.3 Å².